The Labute approximate surface area is 153 Å². The van der Waals surface area contributed by atoms with Crippen molar-refractivity contribution in [3.8, 4) is 11.8 Å². The highest BCUT2D eigenvalue weighted by molar-refractivity contribution is 5.94. The van der Waals surface area contributed by atoms with Gasteiger partial charge in [0, 0.05) is 30.8 Å². The van der Waals surface area contributed by atoms with Gasteiger partial charge in [-0.1, -0.05) is 42.2 Å². The number of hydrogen-bond donors (Lipinski definition) is 2. The van der Waals surface area contributed by atoms with Crippen LogP contribution in [-0.4, -0.2) is 31.6 Å². The number of hydrogen-bond acceptors (Lipinski definition) is 2. The minimum absolute atomic E-state index is 0.00135. The van der Waals surface area contributed by atoms with E-state index in [1.165, 1.54) is 0 Å². The van der Waals surface area contributed by atoms with E-state index in [-0.39, 0.29) is 11.9 Å². The van der Waals surface area contributed by atoms with E-state index in [2.05, 4.69) is 22.5 Å². The molecule has 1 heterocycles. The molecule has 0 aromatic heterocycles. The third-order valence-corrected chi connectivity index (χ3v) is 4.13. The minimum Gasteiger partial charge on any atom is -0.345 e. The molecule has 0 saturated carbocycles. The van der Waals surface area contributed by atoms with Crippen LogP contribution in [0.5, 0.6) is 0 Å². The van der Waals surface area contributed by atoms with Gasteiger partial charge in [0.15, 0.2) is 0 Å². The highest BCUT2D eigenvalue weighted by Gasteiger charge is 2.20. The Morgan fingerprint density at radius 3 is 2.58 bits per heavy atom. The van der Waals surface area contributed by atoms with E-state index >= 15 is 0 Å². The molecule has 5 nitrogen and oxygen atoms in total. The van der Waals surface area contributed by atoms with Crippen LogP contribution in [-0.2, 0) is 11.2 Å². The standard InChI is InChI=1S/C21H21N3O2/c25-20(13-10-17-5-2-1-3-6-17)22-14-4-7-18-8-11-19(12-9-18)24-16-15-23-21(24)26/h1-3,5-6,8-9,11-12H,10,13-16H2,(H,22,25)(H,23,26). The monoisotopic (exact) mass is 347 g/mol. The van der Waals surface area contributed by atoms with Crippen molar-refractivity contribution in [2.24, 2.45) is 0 Å². The van der Waals surface area contributed by atoms with Crippen LogP contribution in [0.25, 0.3) is 0 Å². The molecule has 0 unspecified atom stereocenters. The van der Waals surface area contributed by atoms with E-state index in [0.717, 1.165) is 23.2 Å². The fraction of sp³-hybridized carbons (Fsp3) is 0.238. The molecule has 2 aromatic rings. The molecule has 3 amide bonds. The normalized spacial score (nSPS) is 12.9. The summed E-state index contributed by atoms with van der Waals surface area (Å²) >= 11 is 0. The molecule has 0 bridgehead atoms. The number of carbonyl (C=O) groups is 2. The van der Waals surface area contributed by atoms with Gasteiger partial charge in [-0.3, -0.25) is 9.69 Å². The lowest BCUT2D eigenvalue weighted by Gasteiger charge is -2.13. The van der Waals surface area contributed by atoms with Crippen molar-refractivity contribution in [1.82, 2.24) is 10.6 Å². The van der Waals surface area contributed by atoms with Gasteiger partial charge in [-0.25, -0.2) is 4.79 Å². The maximum Gasteiger partial charge on any atom is 0.321 e. The van der Waals surface area contributed by atoms with Crippen LogP contribution in [0.1, 0.15) is 17.5 Å². The van der Waals surface area contributed by atoms with Crippen LogP contribution in [0, 0.1) is 11.8 Å². The average molecular weight is 347 g/mol. The third-order valence-electron chi connectivity index (χ3n) is 4.13. The van der Waals surface area contributed by atoms with Gasteiger partial charge in [-0.05, 0) is 36.2 Å². The molecule has 2 N–H and O–H groups in total. The van der Waals surface area contributed by atoms with Crippen LogP contribution in [0.3, 0.4) is 0 Å². The van der Waals surface area contributed by atoms with Gasteiger partial charge in [-0.2, -0.15) is 0 Å². The first-order chi connectivity index (χ1) is 12.7. The lowest BCUT2D eigenvalue weighted by molar-refractivity contribution is -0.120. The average Bonchev–Trinajstić information content (AvgIpc) is 3.11. The summed E-state index contributed by atoms with van der Waals surface area (Å²) in [6.07, 6.45) is 1.18. The second-order valence-electron chi connectivity index (χ2n) is 5.99. The topological polar surface area (TPSA) is 61.4 Å². The number of anilines is 1. The summed E-state index contributed by atoms with van der Waals surface area (Å²) in [6.45, 7) is 1.67. The molecule has 3 rings (SSSR count). The minimum atomic E-state index is -0.0675. The highest BCUT2D eigenvalue weighted by atomic mass is 16.2. The Kier molecular flexibility index (Phi) is 5.89. The quantitative estimate of drug-likeness (QED) is 0.816. The van der Waals surface area contributed by atoms with Gasteiger partial charge >= 0.3 is 6.03 Å². The molecule has 0 atom stereocenters. The Hall–Kier alpha value is -3.26. The molecular weight excluding hydrogens is 326 g/mol. The van der Waals surface area contributed by atoms with Crippen molar-refractivity contribution in [3.05, 3.63) is 65.7 Å². The summed E-state index contributed by atoms with van der Waals surface area (Å²) in [5.74, 6) is 5.97. The molecule has 0 spiro atoms. The molecule has 1 saturated heterocycles. The number of benzene rings is 2. The summed E-state index contributed by atoms with van der Waals surface area (Å²) in [5, 5.41) is 5.59. The van der Waals surface area contributed by atoms with Crippen molar-refractivity contribution in [3.63, 3.8) is 0 Å². The Balaban J connectivity index is 1.43. The predicted molar refractivity (Wildman–Crippen MR) is 102 cm³/mol. The molecule has 5 heteroatoms. The van der Waals surface area contributed by atoms with Gasteiger partial charge in [0.05, 0.1) is 6.54 Å². The van der Waals surface area contributed by atoms with Crippen LogP contribution in [0.2, 0.25) is 0 Å². The largest absolute Gasteiger partial charge is 0.345 e. The second-order valence-corrected chi connectivity index (χ2v) is 5.99. The zero-order valence-corrected chi connectivity index (χ0v) is 14.5. The maximum atomic E-state index is 11.8. The number of carbonyl (C=O) groups excluding carboxylic acids is 2. The predicted octanol–water partition coefficient (Wildman–Crippen LogP) is 2.32. The molecule has 26 heavy (non-hydrogen) atoms. The van der Waals surface area contributed by atoms with Crippen molar-refractivity contribution in [2.45, 2.75) is 12.8 Å². The lowest BCUT2D eigenvalue weighted by atomic mass is 10.1. The second kappa shape index (κ2) is 8.72. The fourth-order valence-electron chi connectivity index (χ4n) is 2.72. The van der Waals surface area contributed by atoms with Crippen molar-refractivity contribution < 1.29 is 9.59 Å². The lowest BCUT2D eigenvalue weighted by Crippen LogP contribution is -2.27. The smallest absolute Gasteiger partial charge is 0.321 e. The number of amides is 3. The number of urea groups is 1. The molecule has 132 valence electrons. The zero-order valence-electron chi connectivity index (χ0n) is 14.5. The highest BCUT2D eigenvalue weighted by Crippen LogP contribution is 2.16. The van der Waals surface area contributed by atoms with Gasteiger partial charge in [0.2, 0.25) is 5.91 Å². The van der Waals surface area contributed by atoms with Crippen molar-refractivity contribution in [2.75, 3.05) is 24.5 Å². The first-order valence-corrected chi connectivity index (χ1v) is 8.67. The van der Waals surface area contributed by atoms with Gasteiger partial charge in [0.1, 0.15) is 0 Å². The van der Waals surface area contributed by atoms with E-state index in [9.17, 15) is 9.59 Å². The summed E-state index contributed by atoms with van der Waals surface area (Å²) in [7, 11) is 0. The SMILES string of the molecule is O=C(CCc1ccccc1)NCC#Cc1ccc(N2CCNC2=O)cc1. The number of nitrogens with one attached hydrogen (secondary N) is 2. The van der Waals surface area contributed by atoms with Crippen LogP contribution >= 0.6 is 0 Å². The first kappa shape index (κ1) is 17.6. The van der Waals surface area contributed by atoms with E-state index in [1.807, 2.05) is 54.6 Å². The molecule has 0 radical (unpaired) electrons. The number of aryl methyl sites for hydroxylation is 1. The van der Waals surface area contributed by atoms with Gasteiger partial charge < -0.3 is 10.6 Å². The third kappa shape index (κ3) is 4.87. The molecular formula is C21H21N3O2. The molecule has 0 aliphatic carbocycles. The van der Waals surface area contributed by atoms with E-state index in [0.29, 0.717) is 26.1 Å². The number of nitrogens with zero attached hydrogens (tertiary/aromatic N) is 1. The fourth-order valence-corrected chi connectivity index (χ4v) is 2.72. The zero-order chi connectivity index (χ0) is 18.2. The van der Waals surface area contributed by atoms with E-state index in [4.69, 9.17) is 0 Å². The van der Waals surface area contributed by atoms with Crippen LogP contribution in [0.15, 0.2) is 54.6 Å². The van der Waals surface area contributed by atoms with E-state index in [1.54, 1.807) is 4.90 Å². The molecule has 1 aliphatic heterocycles. The first-order valence-electron chi connectivity index (χ1n) is 8.67. The Bertz CT molecular complexity index is 820. The van der Waals surface area contributed by atoms with Gasteiger partial charge in [-0.15, -0.1) is 0 Å². The van der Waals surface area contributed by atoms with Gasteiger partial charge in [0.25, 0.3) is 0 Å². The maximum absolute atomic E-state index is 11.8. The van der Waals surface area contributed by atoms with E-state index < -0.39 is 0 Å². The summed E-state index contributed by atoms with van der Waals surface area (Å²) in [4.78, 5) is 25.2. The number of rotatable bonds is 5. The van der Waals surface area contributed by atoms with Crippen LogP contribution in [0.4, 0.5) is 10.5 Å². The molecule has 2 aromatic carbocycles. The summed E-state index contributed by atoms with van der Waals surface area (Å²) in [5.41, 5.74) is 2.87. The van der Waals surface area contributed by atoms with Crippen LogP contribution < -0.4 is 15.5 Å². The summed E-state index contributed by atoms with van der Waals surface area (Å²) < 4.78 is 0. The van der Waals surface area contributed by atoms with Crippen molar-refractivity contribution in [1.29, 1.82) is 0 Å². The van der Waals surface area contributed by atoms with Crippen molar-refractivity contribution >= 4 is 17.6 Å². The molecule has 1 aliphatic rings. The Morgan fingerprint density at radius 2 is 1.88 bits per heavy atom. The Morgan fingerprint density at radius 1 is 1.12 bits per heavy atom. The molecule has 1 fully saturated rings. The summed E-state index contributed by atoms with van der Waals surface area (Å²) in [6, 6.07) is 17.4.